The van der Waals surface area contributed by atoms with Crippen LogP contribution in [0, 0.1) is 5.41 Å². The van der Waals surface area contributed by atoms with Crippen LogP contribution in [0.15, 0.2) is 54.6 Å². The molecule has 0 radical (unpaired) electrons. The van der Waals surface area contributed by atoms with Crippen LogP contribution in [0.25, 0.3) is 11.1 Å². The van der Waals surface area contributed by atoms with Gasteiger partial charge in [0.1, 0.15) is 23.3 Å². The maximum absolute atomic E-state index is 13.5. The molecule has 2 saturated heterocycles. The minimum atomic E-state index is -4.52. The maximum atomic E-state index is 13.5. The highest BCUT2D eigenvalue weighted by Crippen LogP contribution is 2.40. The number of alkyl halides is 3. The molecule has 2 aliphatic rings. The summed E-state index contributed by atoms with van der Waals surface area (Å²) >= 11 is 0. The fourth-order valence-corrected chi connectivity index (χ4v) is 5.86. The summed E-state index contributed by atoms with van der Waals surface area (Å²) < 4.78 is 57.5. The Morgan fingerprint density at radius 1 is 1.00 bits per heavy atom. The van der Waals surface area contributed by atoms with Crippen LogP contribution in [0.3, 0.4) is 0 Å². The van der Waals surface area contributed by atoms with E-state index in [-0.39, 0.29) is 18.1 Å². The zero-order chi connectivity index (χ0) is 34.3. The standard InChI is InChI=1S/C36H42F3N3O5/c1-22-31(24-10-8-11-25(19-24)36(37,38)39)46-33(44)42(22)21-28-26(13-15-30(40-28)41-16-9-17-41)27-18-23(12-14-29(27)45-7)20-35(5,6)32(43)47-34(2,3)4/h8,10-15,18-19,22,31H,9,16-17,20-21H2,1-7H3/t22?,31-/m0/s1. The Morgan fingerprint density at radius 2 is 1.72 bits per heavy atom. The van der Waals surface area contributed by atoms with Gasteiger partial charge in [-0.1, -0.05) is 18.2 Å². The quantitative estimate of drug-likeness (QED) is 0.217. The third-order valence-electron chi connectivity index (χ3n) is 8.55. The molecule has 0 spiro atoms. The summed E-state index contributed by atoms with van der Waals surface area (Å²) in [5.41, 5.74) is 0.971. The van der Waals surface area contributed by atoms with Crippen molar-refractivity contribution in [2.24, 2.45) is 5.41 Å². The molecule has 8 nitrogen and oxygen atoms in total. The summed E-state index contributed by atoms with van der Waals surface area (Å²) in [5.74, 6) is 1.05. The number of carbonyl (C=O) groups excluding carboxylic acids is 2. The molecular formula is C36H42F3N3O5. The first-order chi connectivity index (χ1) is 22.0. The van der Waals surface area contributed by atoms with E-state index in [0.29, 0.717) is 17.9 Å². The molecule has 5 rings (SSSR count). The van der Waals surface area contributed by atoms with E-state index in [1.54, 1.807) is 14.0 Å². The topological polar surface area (TPSA) is 81.2 Å². The number of hydrogen-bond acceptors (Lipinski definition) is 7. The molecule has 1 amide bonds. The molecule has 3 heterocycles. The third kappa shape index (κ3) is 7.49. The fraction of sp³-hybridized carbons (Fsp3) is 0.472. The average Bonchev–Trinajstić information content (AvgIpc) is 3.23. The molecule has 3 aromatic rings. The van der Waals surface area contributed by atoms with Gasteiger partial charge in [-0.3, -0.25) is 9.69 Å². The lowest BCUT2D eigenvalue weighted by Crippen LogP contribution is -2.38. The summed E-state index contributed by atoms with van der Waals surface area (Å²) in [6.45, 7) is 12.8. The number of ether oxygens (including phenoxy) is 3. The van der Waals surface area contributed by atoms with Crippen molar-refractivity contribution < 1.29 is 37.0 Å². The molecule has 0 bridgehead atoms. The molecule has 252 valence electrons. The lowest BCUT2D eigenvalue weighted by Gasteiger charge is -2.33. The monoisotopic (exact) mass is 653 g/mol. The van der Waals surface area contributed by atoms with Crippen molar-refractivity contribution in [3.8, 4) is 16.9 Å². The summed E-state index contributed by atoms with van der Waals surface area (Å²) in [6.07, 6.45) is -4.59. The SMILES string of the molecule is COc1ccc(CC(C)(C)C(=O)OC(C)(C)C)cc1-c1ccc(N2CCC2)nc1CN1C(=O)O[C@H](c2cccc(C(F)(F)F)c2)C1C. The van der Waals surface area contributed by atoms with Crippen LogP contribution in [-0.2, 0) is 33.4 Å². The van der Waals surface area contributed by atoms with E-state index >= 15 is 0 Å². The predicted molar refractivity (Wildman–Crippen MR) is 172 cm³/mol. The van der Waals surface area contributed by atoms with Gasteiger partial charge in [0, 0.05) is 24.2 Å². The smallest absolute Gasteiger partial charge is 0.416 e. The van der Waals surface area contributed by atoms with Gasteiger partial charge in [0.25, 0.3) is 0 Å². The van der Waals surface area contributed by atoms with Crippen molar-refractivity contribution in [2.75, 3.05) is 25.1 Å². The third-order valence-corrected chi connectivity index (χ3v) is 8.55. The Bertz CT molecular complexity index is 1650. The second-order valence-corrected chi connectivity index (χ2v) is 13.9. The molecule has 2 aromatic carbocycles. The van der Waals surface area contributed by atoms with Crippen molar-refractivity contribution in [2.45, 2.75) is 84.9 Å². The van der Waals surface area contributed by atoms with Gasteiger partial charge in [-0.2, -0.15) is 13.2 Å². The highest BCUT2D eigenvalue weighted by molar-refractivity contribution is 5.78. The van der Waals surface area contributed by atoms with E-state index in [2.05, 4.69) is 4.90 Å². The molecule has 47 heavy (non-hydrogen) atoms. The Hall–Kier alpha value is -4.28. The van der Waals surface area contributed by atoms with E-state index in [4.69, 9.17) is 19.2 Å². The van der Waals surface area contributed by atoms with Crippen LogP contribution in [0.5, 0.6) is 5.75 Å². The summed E-state index contributed by atoms with van der Waals surface area (Å²) in [7, 11) is 1.57. The highest BCUT2D eigenvalue weighted by atomic mass is 19.4. The van der Waals surface area contributed by atoms with Gasteiger partial charge >= 0.3 is 18.2 Å². The number of methoxy groups -OCH3 is 1. The highest BCUT2D eigenvalue weighted by Gasteiger charge is 2.41. The first-order valence-corrected chi connectivity index (χ1v) is 15.8. The Balaban J connectivity index is 1.49. The molecule has 0 N–H and O–H groups in total. The van der Waals surface area contributed by atoms with Crippen LogP contribution < -0.4 is 9.64 Å². The number of pyridine rings is 1. The van der Waals surface area contributed by atoms with E-state index in [1.807, 2.05) is 65.0 Å². The average molecular weight is 654 g/mol. The number of nitrogens with zero attached hydrogens (tertiary/aromatic N) is 3. The number of benzene rings is 2. The molecule has 1 aromatic heterocycles. The number of esters is 1. The van der Waals surface area contributed by atoms with Gasteiger partial charge in [-0.05, 0) is 102 Å². The van der Waals surface area contributed by atoms with Gasteiger partial charge in [0.2, 0.25) is 0 Å². The first-order valence-electron chi connectivity index (χ1n) is 15.8. The zero-order valence-corrected chi connectivity index (χ0v) is 27.9. The molecular weight excluding hydrogens is 611 g/mol. The van der Waals surface area contributed by atoms with Crippen molar-refractivity contribution in [3.63, 3.8) is 0 Å². The number of cyclic esters (lactones) is 1. The minimum absolute atomic E-state index is 0.0588. The minimum Gasteiger partial charge on any atom is -0.496 e. The zero-order valence-electron chi connectivity index (χ0n) is 27.9. The number of halogens is 3. The molecule has 2 fully saturated rings. The van der Waals surface area contributed by atoms with Crippen LogP contribution in [0.2, 0.25) is 0 Å². The van der Waals surface area contributed by atoms with Crippen molar-refractivity contribution >= 4 is 17.9 Å². The number of rotatable bonds is 9. The summed E-state index contributed by atoms with van der Waals surface area (Å²) in [4.78, 5) is 34.9. The van der Waals surface area contributed by atoms with E-state index in [9.17, 15) is 22.8 Å². The lowest BCUT2D eigenvalue weighted by molar-refractivity contribution is -0.165. The second-order valence-electron chi connectivity index (χ2n) is 13.9. The van der Waals surface area contributed by atoms with Crippen molar-refractivity contribution in [1.82, 2.24) is 9.88 Å². The molecule has 1 unspecified atom stereocenters. The molecule has 11 heteroatoms. The Morgan fingerprint density at radius 3 is 2.34 bits per heavy atom. The summed E-state index contributed by atoms with van der Waals surface area (Å²) in [5, 5.41) is 0. The van der Waals surface area contributed by atoms with Gasteiger partial charge < -0.3 is 19.1 Å². The van der Waals surface area contributed by atoms with Crippen LogP contribution >= 0.6 is 0 Å². The number of anilines is 1. The van der Waals surface area contributed by atoms with E-state index in [1.165, 1.54) is 17.0 Å². The van der Waals surface area contributed by atoms with E-state index in [0.717, 1.165) is 54.2 Å². The lowest BCUT2D eigenvalue weighted by atomic mass is 9.84. The number of amides is 1. The first kappa shape index (κ1) is 34.1. The van der Waals surface area contributed by atoms with Gasteiger partial charge in [0.15, 0.2) is 0 Å². The van der Waals surface area contributed by atoms with Crippen molar-refractivity contribution in [3.05, 3.63) is 77.0 Å². The molecule has 2 atom stereocenters. The fourth-order valence-electron chi connectivity index (χ4n) is 5.86. The summed E-state index contributed by atoms with van der Waals surface area (Å²) in [6, 6.07) is 13.9. The molecule has 0 aliphatic carbocycles. The van der Waals surface area contributed by atoms with Crippen molar-refractivity contribution in [1.29, 1.82) is 0 Å². The predicted octanol–water partition coefficient (Wildman–Crippen LogP) is 7.98. The number of aromatic nitrogens is 1. The van der Waals surface area contributed by atoms with Gasteiger partial charge in [-0.15, -0.1) is 0 Å². The van der Waals surface area contributed by atoms with Crippen LogP contribution in [0.4, 0.5) is 23.8 Å². The van der Waals surface area contributed by atoms with Gasteiger partial charge in [0.05, 0.1) is 36.4 Å². The number of hydrogen-bond donors (Lipinski definition) is 0. The Labute approximate surface area is 273 Å². The largest absolute Gasteiger partial charge is 0.496 e. The van der Waals surface area contributed by atoms with Crippen LogP contribution in [-0.4, -0.2) is 53.8 Å². The number of carbonyl (C=O) groups is 2. The second kappa shape index (κ2) is 12.7. The maximum Gasteiger partial charge on any atom is 0.416 e. The molecule has 0 saturated carbocycles. The molecule has 2 aliphatic heterocycles. The van der Waals surface area contributed by atoms with Crippen LogP contribution in [0.1, 0.15) is 76.5 Å². The van der Waals surface area contributed by atoms with E-state index < -0.39 is 41.0 Å². The normalized spacial score (nSPS) is 18.6. The Kier molecular flexibility index (Phi) is 9.23. The van der Waals surface area contributed by atoms with Gasteiger partial charge in [-0.25, -0.2) is 9.78 Å².